The molecule has 1 aliphatic rings. The molecule has 1 unspecified atom stereocenters. The minimum Gasteiger partial charge on any atom is -0.356 e. The summed E-state index contributed by atoms with van der Waals surface area (Å²) in [6.07, 6.45) is 1.98. The van der Waals surface area contributed by atoms with Gasteiger partial charge in [0.05, 0.1) is 0 Å². The predicted molar refractivity (Wildman–Crippen MR) is 92.6 cm³/mol. The van der Waals surface area contributed by atoms with Crippen molar-refractivity contribution in [1.29, 1.82) is 0 Å². The monoisotopic (exact) mass is 337 g/mol. The summed E-state index contributed by atoms with van der Waals surface area (Å²) in [5, 5.41) is 6.42. The van der Waals surface area contributed by atoms with Crippen LogP contribution in [0.2, 0.25) is 5.02 Å². The van der Waals surface area contributed by atoms with Gasteiger partial charge in [-0.3, -0.25) is 4.79 Å². The van der Waals surface area contributed by atoms with Crippen molar-refractivity contribution in [1.82, 2.24) is 10.2 Å². The molecule has 0 spiro atoms. The van der Waals surface area contributed by atoms with Gasteiger partial charge in [-0.1, -0.05) is 31.5 Å². The first kappa shape index (κ1) is 17.6. The number of hydrogen-bond donors (Lipinski definition) is 2. The minimum atomic E-state index is -0.118. The van der Waals surface area contributed by atoms with E-state index in [1.165, 1.54) is 0 Å². The number of nitrogens with one attached hydrogen (secondary N) is 2. The molecule has 2 rings (SSSR count). The fraction of sp³-hybridized carbons (Fsp3) is 0.529. The predicted octanol–water partition coefficient (Wildman–Crippen LogP) is 3.36. The van der Waals surface area contributed by atoms with E-state index in [-0.39, 0.29) is 17.9 Å². The third-order valence-electron chi connectivity index (χ3n) is 3.97. The normalized spacial score (nSPS) is 17.9. The highest BCUT2D eigenvalue weighted by Gasteiger charge is 2.24. The lowest BCUT2D eigenvalue weighted by Gasteiger charge is -2.33. The molecule has 1 saturated heterocycles. The Bertz CT molecular complexity index is 563. The Morgan fingerprint density at radius 3 is 2.87 bits per heavy atom. The summed E-state index contributed by atoms with van der Waals surface area (Å²) >= 11 is 5.93. The summed E-state index contributed by atoms with van der Waals surface area (Å²) in [5.41, 5.74) is 0.692. The van der Waals surface area contributed by atoms with Crippen molar-refractivity contribution < 1.29 is 9.59 Å². The van der Waals surface area contributed by atoms with Crippen LogP contribution in [0.4, 0.5) is 10.5 Å². The summed E-state index contributed by atoms with van der Waals surface area (Å²) in [7, 11) is 0. The first-order valence-electron chi connectivity index (χ1n) is 8.05. The summed E-state index contributed by atoms with van der Waals surface area (Å²) in [6, 6.07) is 6.99. The van der Waals surface area contributed by atoms with Gasteiger partial charge in [0, 0.05) is 36.3 Å². The number of piperidine rings is 1. The standard InChI is InChI=1S/C17H24ClN3O2/c1-12(2)16(22)19-10-13-5-4-8-21(11-13)17(23)20-15-7-3-6-14(18)9-15/h3,6-7,9,12-13H,4-5,8,10-11H2,1-2H3,(H,19,22)(H,20,23). The summed E-state index contributed by atoms with van der Waals surface area (Å²) in [6.45, 7) is 5.77. The summed E-state index contributed by atoms with van der Waals surface area (Å²) in [5.74, 6) is 0.350. The van der Waals surface area contributed by atoms with E-state index in [1.54, 1.807) is 23.1 Å². The van der Waals surface area contributed by atoms with Gasteiger partial charge in [0.1, 0.15) is 0 Å². The molecule has 1 aromatic rings. The zero-order chi connectivity index (χ0) is 16.8. The highest BCUT2D eigenvalue weighted by Crippen LogP contribution is 2.19. The number of halogens is 1. The molecule has 0 bridgehead atoms. The smallest absolute Gasteiger partial charge is 0.321 e. The molecule has 2 N–H and O–H groups in total. The SMILES string of the molecule is CC(C)C(=O)NCC1CCCN(C(=O)Nc2cccc(Cl)c2)C1. The molecule has 3 amide bonds. The minimum absolute atomic E-state index is 0.0131. The number of urea groups is 1. The van der Waals surface area contributed by atoms with Gasteiger partial charge in [-0.2, -0.15) is 0 Å². The molecule has 1 aliphatic heterocycles. The van der Waals surface area contributed by atoms with Gasteiger partial charge in [0.2, 0.25) is 5.91 Å². The summed E-state index contributed by atoms with van der Waals surface area (Å²) in [4.78, 5) is 25.8. The van der Waals surface area contributed by atoms with Gasteiger partial charge in [0.25, 0.3) is 0 Å². The second kappa shape index (κ2) is 8.20. The van der Waals surface area contributed by atoms with Crippen LogP contribution in [0.5, 0.6) is 0 Å². The lowest BCUT2D eigenvalue weighted by molar-refractivity contribution is -0.124. The average molecular weight is 338 g/mol. The Morgan fingerprint density at radius 1 is 1.39 bits per heavy atom. The van der Waals surface area contributed by atoms with Crippen LogP contribution < -0.4 is 10.6 Å². The largest absolute Gasteiger partial charge is 0.356 e. The number of amides is 3. The highest BCUT2D eigenvalue weighted by molar-refractivity contribution is 6.30. The molecule has 23 heavy (non-hydrogen) atoms. The average Bonchev–Trinajstić information content (AvgIpc) is 2.52. The van der Waals surface area contributed by atoms with E-state index in [1.807, 2.05) is 19.9 Å². The molecule has 0 radical (unpaired) electrons. The van der Waals surface area contributed by atoms with E-state index >= 15 is 0 Å². The first-order valence-corrected chi connectivity index (χ1v) is 8.42. The molecule has 6 heteroatoms. The van der Waals surface area contributed by atoms with Gasteiger partial charge in [0.15, 0.2) is 0 Å². The summed E-state index contributed by atoms with van der Waals surface area (Å²) < 4.78 is 0. The second-order valence-electron chi connectivity index (χ2n) is 6.29. The van der Waals surface area contributed by atoms with Crippen LogP contribution in [0.15, 0.2) is 24.3 Å². The van der Waals surface area contributed by atoms with E-state index < -0.39 is 0 Å². The molecule has 0 aliphatic carbocycles. The number of anilines is 1. The molecular weight excluding hydrogens is 314 g/mol. The number of rotatable bonds is 4. The Labute approximate surface area is 142 Å². The molecule has 1 atom stereocenters. The maximum atomic E-state index is 12.4. The Kier molecular flexibility index (Phi) is 6.28. The lowest BCUT2D eigenvalue weighted by Crippen LogP contribution is -2.45. The zero-order valence-corrected chi connectivity index (χ0v) is 14.4. The lowest BCUT2D eigenvalue weighted by atomic mass is 9.98. The van der Waals surface area contributed by atoms with E-state index in [2.05, 4.69) is 10.6 Å². The van der Waals surface area contributed by atoms with Crippen LogP contribution in [0, 0.1) is 11.8 Å². The number of hydrogen-bond acceptors (Lipinski definition) is 2. The molecular formula is C17H24ClN3O2. The van der Waals surface area contributed by atoms with Crippen LogP contribution in [0.25, 0.3) is 0 Å². The highest BCUT2D eigenvalue weighted by atomic mass is 35.5. The second-order valence-corrected chi connectivity index (χ2v) is 6.73. The van der Waals surface area contributed by atoms with E-state index in [4.69, 9.17) is 11.6 Å². The van der Waals surface area contributed by atoms with Crippen molar-refractivity contribution in [2.24, 2.45) is 11.8 Å². The van der Waals surface area contributed by atoms with Gasteiger partial charge in [-0.05, 0) is 37.0 Å². The number of likely N-dealkylation sites (tertiary alicyclic amines) is 1. The maximum Gasteiger partial charge on any atom is 0.321 e. The molecule has 1 fully saturated rings. The third-order valence-corrected chi connectivity index (χ3v) is 4.21. The number of carbonyl (C=O) groups is 2. The van der Waals surface area contributed by atoms with Crippen LogP contribution in [0.3, 0.4) is 0 Å². The molecule has 126 valence electrons. The van der Waals surface area contributed by atoms with Crippen molar-refractivity contribution in [2.45, 2.75) is 26.7 Å². The van der Waals surface area contributed by atoms with E-state index in [0.717, 1.165) is 19.4 Å². The van der Waals surface area contributed by atoms with E-state index in [9.17, 15) is 9.59 Å². The van der Waals surface area contributed by atoms with Crippen LogP contribution in [0.1, 0.15) is 26.7 Å². The van der Waals surface area contributed by atoms with Gasteiger partial charge in [-0.25, -0.2) is 4.79 Å². The Balaban J connectivity index is 1.85. The van der Waals surface area contributed by atoms with Gasteiger partial charge >= 0.3 is 6.03 Å². The quantitative estimate of drug-likeness (QED) is 0.885. The number of benzene rings is 1. The molecule has 0 saturated carbocycles. The third kappa shape index (κ3) is 5.43. The molecule has 5 nitrogen and oxygen atoms in total. The fourth-order valence-corrected chi connectivity index (χ4v) is 2.82. The Morgan fingerprint density at radius 2 is 2.17 bits per heavy atom. The Hall–Kier alpha value is -1.75. The number of carbonyl (C=O) groups excluding carboxylic acids is 2. The first-order chi connectivity index (χ1) is 11.0. The van der Waals surface area contributed by atoms with Crippen LogP contribution in [-0.2, 0) is 4.79 Å². The molecule has 1 heterocycles. The van der Waals surface area contributed by atoms with Crippen LogP contribution >= 0.6 is 11.6 Å². The number of nitrogens with zero attached hydrogens (tertiary/aromatic N) is 1. The topological polar surface area (TPSA) is 61.4 Å². The van der Waals surface area contributed by atoms with Crippen molar-refractivity contribution in [2.75, 3.05) is 25.0 Å². The van der Waals surface area contributed by atoms with E-state index in [0.29, 0.717) is 29.7 Å². The molecule has 1 aromatic carbocycles. The molecule has 0 aromatic heterocycles. The maximum absolute atomic E-state index is 12.4. The van der Waals surface area contributed by atoms with Crippen LogP contribution in [-0.4, -0.2) is 36.5 Å². The van der Waals surface area contributed by atoms with Crippen molar-refractivity contribution in [3.8, 4) is 0 Å². The van der Waals surface area contributed by atoms with Gasteiger partial charge < -0.3 is 15.5 Å². The van der Waals surface area contributed by atoms with Gasteiger partial charge in [-0.15, -0.1) is 0 Å². The fourth-order valence-electron chi connectivity index (χ4n) is 2.63. The zero-order valence-electron chi connectivity index (χ0n) is 13.6. The van der Waals surface area contributed by atoms with Crippen molar-refractivity contribution in [3.63, 3.8) is 0 Å². The van der Waals surface area contributed by atoms with Crippen molar-refractivity contribution in [3.05, 3.63) is 29.3 Å². The van der Waals surface area contributed by atoms with Crippen molar-refractivity contribution >= 4 is 29.2 Å².